The van der Waals surface area contributed by atoms with Crippen LogP contribution in [0, 0.1) is 6.92 Å². The summed E-state index contributed by atoms with van der Waals surface area (Å²) < 4.78 is 11.0. The van der Waals surface area contributed by atoms with Crippen LogP contribution in [0.4, 0.5) is 5.69 Å². The van der Waals surface area contributed by atoms with E-state index in [9.17, 15) is 4.57 Å². The molecule has 1 aromatic carbocycles. The number of anilines is 1. The largest absolute Gasteiger partial charge is 0.548 e. The molecule has 0 aliphatic rings. The van der Waals surface area contributed by atoms with Crippen molar-refractivity contribution in [1.82, 2.24) is 0 Å². The van der Waals surface area contributed by atoms with Crippen LogP contribution in [0.3, 0.4) is 0 Å². The van der Waals surface area contributed by atoms with E-state index < -0.39 is 8.03 Å². The van der Waals surface area contributed by atoms with E-state index in [-0.39, 0.29) is 29.6 Å². The molecular formula is C9H13NNaO2P+. The first-order chi connectivity index (χ1) is 6.02. The zero-order chi connectivity index (χ0) is 10.0. The molecule has 71 valence electrons. The average molecular weight is 221 g/mol. The van der Waals surface area contributed by atoms with Crippen LogP contribution in [0.5, 0.6) is 0 Å². The number of aryl methyl sites for hydroxylation is 1. The zero-order valence-electron chi connectivity index (χ0n) is 8.98. The zero-order valence-corrected chi connectivity index (χ0v) is 11.9. The Hall–Kier alpha value is 0.0800. The topological polar surface area (TPSA) is 40.5 Å². The van der Waals surface area contributed by atoms with E-state index in [1.165, 1.54) is 0 Å². The summed E-state index contributed by atoms with van der Waals surface area (Å²) in [6, 6.07) is 5.53. The van der Waals surface area contributed by atoms with Crippen molar-refractivity contribution in [3.05, 3.63) is 23.8 Å². The van der Waals surface area contributed by atoms with Crippen molar-refractivity contribution in [2.24, 2.45) is 0 Å². The fourth-order valence-electron chi connectivity index (χ4n) is 1.16. The summed E-state index contributed by atoms with van der Waals surface area (Å²) in [5.74, 6) is 0. The molecule has 1 radical (unpaired) electrons. The Labute approximate surface area is 107 Å². The van der Waals surface area contributed by atoms with Crippen molar-refractivity contribution in [3.8, 4) is 0 Å². The van der Waals surface area contributed by atoms with Crippen LogP contribution >= 0.6 is 8.03 Å². The van der Waals surface area contributed by atoms with Gasteiger partial charge in [0.25, 0.3) is 0 Å². The maximum atomic E-state index is 11.0. The third kappa shape index (κ3) is 3.34. The monoisotopic (exact) mass is 221 g/mol. The van der Waals surface area contributed by atoms with Gasteiger partial charge in [0, 0.05) is 43.7 Å². The van der Waals surface area contributed by atoms with E-state index in [1.807, 2.05) is 38.1 Å². The van der Waals surface area contributed by atoms with Crippen LogP contribution in [-0.2, 0) is 4.57 Å². The number of benzene rings is 1. The molecule has 1 aromatic rings. The van der Waals surface area contributed by atoms with E-state index in [0.29, 0.717) is 5.30 Å². The fourth-order valence-corrected chi connectivity index (χ4v) is 1.95. The Balaban J connectivity index is 0.00000169. The molecule has 0 bridgehead atoms. The van der Waals surface area contributed by atoms with Gasteiger partial charge in [-0.3, -0.25) is 0 Å². The smallest absolute Gasteiger partial charge is 0.374 e. The SMILES string of the molecule is Cc1ccc(N(C)C)c([P+](=O)O)c1.[Na]. The van der Waals surface area contributed by atoms with Crippen LogP contribution in [0.15, 0.2) is 18.2 Å². The number of hydrogen-bond acceptors (Lipinski definition) is 2. The van der Waals surface area contributed by atoms with Crippen molar-refractivity contribution in [1.29, 1.82) is 0 Å². The summed E-state index contributed by atoms with van der Waals surface area (Å²) in [6.07, 6.45) is 0. The molecule has 0 saturated heterocycles. The number of nitrogens with zero attached hydrogens (tertiary/aromatic N) is 1. The number of hydrogen-bond donors (Lipinski definition) is 1. The molecule has 0 aromatic heterocycles. The van der Waals surface area contributed by atoms with Gasteiger partial charge in [-0.25, -0.2) is 0 Å². The third-order valence-electron chi connectivity index (χ3n) is 1.82. The third-order valence-corrected chi connectivity index (χ3v) is 2.59. The Bertz CT molecular complexity index is 342. The van der Waals surface area contributed by atoms with Crippen molar-refractivity contribution >= 4 is 48.6 Å². The second-order valence-electron chi connectivity index (χ2n) is 3.16. The second-order valence-corrected chi connectivity index (χ2v) is 4.19. The Morgan fingerprint density at radius 3 is 2.36 bits per heavy atom. The number of rotatable bonds is 2. The van der Waals surface area contributed by atoms with E-state index in [0.717, 1.165) is 11.3 Å². The maximum absolute atomic E-state index is 11.0. The minimum absolute atomic E-state index is 0. The summed E-state index contributed by atoms with van der Waals surface area (Å²) in [5.41, 5.74) is 1.80. The standard InChI is InChI=1S/C9H12NO2P.Na/c1-7-4-5-8(10(2)3)9(6-7)13(11)12;/h4-6H,1-3H3;/p+1. The van der Waals surface area contributed by atoms with Gasteiger partial charge in [0.2, 0.25) is 5.30 Å². The van der Waals surface area contributed by atoms with Crippen molar-refractivity contribution in [2.75, 3.05) is 19.0 Å². The molecule has 1 rings (SSSR count). The first-order valence-electron chi connectivity index (χ1n) is 3.96. The summed E-state index contributed by atoms with van der Waals surface area (Å²) in [5, 5.41) is 0.500. The van der Waals surface area contributed by atoms with Crippen molar-refractivity contribution < 1.29 is 9.46 Å². The predicted molar refractivity (Wildman–Crippen MR) is 60.7 cm³/mol. The molecule has 14 heavy (non-hydrogen) atoms. The first-order valence-corrected chi connectivity index (χ1v) is 5.17. The maximum Gasteiger partial charge on any atom is 0.548 e. The molecule has 3 nitrogen and oxygen atoms in total. The molecule has 1 atom stereocenters. The van der Waals surface area contributed by atoms with E-state index in [1.54, 1.807) is 6.07 Å². The van der Waals surface area contributed by atoms with Crippen LogP contribution < -0.4 is 10.2 Å². The molecule has 0 amide bonds. The van der Waals surface area contributed by atoms with Crippen molar-refractivity contribution in [3.63, 3.8) is 0 Å². The Morgan fingerprint density at radius 2 is 1.93 bits per heavy atom. The summed E-state index contributed by atoms with van der Waals surface area (Å²) in [4.78, 5) is 10.9. The van der Waals surface area contributed by atoms with Gasteiger partial charge in [-0.1, -0.05) is 6.07 Å². The second kappa shape index (κ2) is 5.84. The molecule has 1 N–H and O–H groups in total. The quantitative estimate of drug-likeness (QED) is 0.599. The molecule has 0 fully saturated rings. The molecule has 1 unspecified atom stereocenters. The van der Waals surface area contributed by atoms with Gasteiger partial charge >= 0.3 is 8.03 Å². The Kier molecular flexibility index (Phi) is 5.87. The molecule has 0 aliphatic carbocycles. The van der Waals surface area contributed by atoms with Gasteiger partial charge in [0.1, 0.15) is 0 Å². The molecule has 0 heterocycles. The fraction of sp³-hybridized carbons (Fsp3) is 0.333. The average Bonchev–Trinajstić information content (AvgIpc) is 2.03. The first kappa shape index (κ1) is 14.1. The molecule has 0 spiro atoms. The minimum atomic E-state index is -2.26. The van der Waals surface area contributed by atoms with E-state index in [2.05, 4.69) is 0 Å². The van der Waals surface area contributed by atoms with Crippen LogP contribution in [0.2, 0.25) is 0 Å². The van der Waals surface area contributed by atoms with Gasteiger partial charge in [0.15, 0.2) is 0 Å². The van der Waals surface area contributed by atoms with Gasteiger partial charge in [-0.05, 0) is 29.2 Å². The minimum Gasteiger partial charge on any atom is -0.374 e. The van der Waals surface area contributed by atoms with Gasteiger partial charge in [-0.15, -0.1) is 0 Å². The van der Waals surface area contributed by atoms with E-state index >= 15 is 0 Å². The molecule has 0 aliphatic heterocycles. The van der Waals surface area contributed by atoms with Gasteiger partial charge < -0.3 is 4.90 Å². The normalized spacial score (nSPS) is 10.4. The van der Waals surface area contributed by atoms with Crippen LogP contribution in [0.25, 0.3) is 0 Å². The summed E-state index contributed by atoms with van der Waals surface area (Å²) in [7, 11) is 1.45. The van der Waals surface area contributed by atoms with Gasteiger partial charge in [0.05, 0.1) is 5.69 Å². The van der Waals surface area contributed by atoms with Crippen LogP contribution in [-0.4, -0.2) is 48.5 Å². The summed E-state index contributed by atoms with van der Waals surface area (Å²) >= 11 is 0. The van der Waals surface area contributed by atoms with E-state index in [4.69, 9.17) is 4.89 Å². The van der Waals surface area contributed by atoms with Crippen LogP contribution in [0.1, 0.15) is 5.56 Å². The molecular weight excluding hydrogens is 208 g/mol. The predicted octanol–water partition coefficient (Wildman–Crippen LogP) is 1.04. The Morgan fingerprint density at radius 1 is 1.36 bits per heavy atom. The molecule has 5 heteroatoms. The summed E-state index contributed by atoms with van der Waals surface area (Å²) in [6.45, 7) is 1.90. The van der Waals surface area contributed by atoms with Crippen molar-refractivity contribution in [2.45, 2.75) is 6.92 Å². The molecule has 0 saturated carbocycles. The van der Waals surface area contributed by atoms with Gasteiger partial charge in [-0.2, -0.15) is 4.89 Å².